The Morgan fingerprint density at radius 2 is 1.86 bits per heavy atom. The van der Waals surface area contributed by atoms with Crippen LogP contribution in [0.15, 0.2) is 48.5 Å². The fourth-order valence-electron chi connectivity index (χ4n) is 2.41. The average molecular weight is 314 g/mol. The van der Waals surface area contributed by atoms with E-state index in [0.717, 1.165) is 30.6 Å². The van der Waals surface area contributed by atoms with Gasteiger partial charge in [-0.15, -0.1) is 0 Å². The van der Waals surface area contributed by atoms with Crippen LogP contribution in [-0.2, 0) is 6.42 Å². The molecule has 0 heterocycles. The summed E-state index contributed by atoms with van der Waals surface area (Å²) in [4.78, 5) is 0. The minimum Gasteiger partial charge on any atom is -0.493 e. The number of para-hydroxylation sites is 1. The molecule has 1 atom stereocenters. The van der Waals surface area contributed by atoms with Crippen molar-refractivity contribution in [1.82, 2.24) is 0 Å². The van der Waals surface area contributed by atoms with Crippen molar-refractivity contribution in [3.63, 3.8) is 0 Å². The number of ether oxygens (including phenoxy) is 1. The first-order valence-corrected chi connectivity index (χ1v) is 7.98. The largest absolute Gasteiger partial charge is 0.493 e. The molecule has 1 unspecified atom stereocenters. The Balaban J connectivity index is 1.84. The number of hydrogen-bond acceptors (Lipinski definition) is 2. The molecule has 0 saturated heterocycles. The Morgan fingerprint density at radius 1 is 1.14 bits per heavy atom. The van der Waals surface area contributed by atoms with Crippen LogP contribution in [-0.4, -0.2) is 6.61 Å². The van der Waals surface area contributed by atoms with E-state index in [4.69, 9.17) is 16.3 Å². The highest BCUT2D eigenvalue weighted by atomic mass is 35.5. The minimum atomic E-state index is -0.109. The van der Waals surface area contributed by atoms with Crippen LogP contribution in [0.1, 0.15) is 36.8 Å². The second-order valence-corrected chi connectivity index (χ2v) is 5.62. The van der Waals surface area contributed by atoms with Gasteiger partial charge in [0.1, 0.15) is 5.75 Å². The summed E-state index contributed by atoms with van der Waals surface area (Å²) in [5.41, 5.74) is 2.23. The molecule has 22 heavy (non-hydrogen) atoms. The first-order valence-electron chi connectivity index (χ1n) is 7.60. The van der Waals surface area contributed by atoms with Gasteiger partial charge in [0.25, 0.3) is 0 Å². The molecule has 0 amide bonds. The van der Waals surface area contributed by atoms with Crippen LogP contribution in [0.5, 0.6) is 5.75 Å². The lowest BCUT2D eigenvalue weighted by Gasteiger charge is -2.12. The van der Waals surface area contributed by atoms with Gasteiger partial charge in [-0.1, -0.05) is 48.9 Å². The minimum absolute atomic E-state index is 0.109. The van der Waals surface area contributed by atoms with Crippen LogP contribution in [0.2, 0.25) is 5.02 Å². The first-order chi connectivity index (χ1) is 10.7. The summed E-state index contributed by atoms with van der Waals surface area (Å²) in [5.74, 6) is 0.840. The molecule has 3 heteroatoms. The van der Waals surface area contributed by atoms with Gasteiger partial charge in [0.15, 0.2) is 0 Å². The third-order valence-corrected chi connectivity index (χ3v) is 3.93. The summed E-state index contributed by atoms with van der Waals surface area (Å²) < 4.78 is 5.85. The number of benzene rings is 2. The lowest BCUT2D eigenvalue weighted by atomic mass is 9.96. The molecule has 0 N–H and O–H groups in total. The van der Waals surface area contributed by atoms with Crippen molar-refractivity contribution in [2.24, 2.45) is 0 Å². The van der Waals surface area contributed by atoms with E-state index >= 15 is 0 Å². The highest BCUT2D eigenvalue weighted by Crippen LogP contribution is 2.23. The van der Waals surface area contributed by atoms with Crippen molar-refractivity contribution >= 4 is 11.6 Å². The quantitative estimate of drug-likeness (QED) is 0.644. The van der Waals surface area contributed by atoms with Gasteiger partial charge < -0.3 is 4.74 Å². The van der Waals surface area contributed by atoms with Crippen LogP contribution in [0, 0.1) is 11.3 Å². The maximum absolute atomic E-state index is 9.32. The zero-order chi connectivity index (χ0) is 15.8. The van der Waals surface area contributed by atoms with Crippen molar-refractivity contribution in [2.45, 2.75) is 32.1 Å². The van der Waals surface area contributed by atoms with Gasteiger partial charge in [0.2, 0.25) is 0 Å². The van der Waals surface area contributed by atoms with Crippen LogP contribution in [0.3, 0.4) is 0 Å². The summed E-state index contributed by atoms with van der Waals surface area (Å²) in [5, 5.41) is 10.0. The highest BCUT2D eigenvalue weighted by molar-refractivity contribution is 6.30. The van der Waals surface area contributed by atoms with Crippen molar-refractivity contribution in [3.05, 3.63) is 64.7 Å². The standard InChI is InChI=1S/C19H20ClNO/c1-2-15-6-3-4-8-19(15)22-13-5-7-17(14-21)16-9-11-18(20)12-10-16/h3-4,6,8-12,17H,2,5,7,13H2,1H3. The Kier molecular flexibility index (Phi) is 6.30. The normalized spacial score (nSPS) is 11.7. The number of hydrogen-bond donors (Lipinski definition) is 0. The monoisotopic (exact) mass is 313 g/mol. The van der Waals surface area contributed by atoms with E-state index in [1.807, 2.05) is 42.5 Å². The van der Waals surface area contributed by atoms with Gasteiger partial charge >= 0.3 is 0 Å². The Labute approximate surface area is 137 Å². The Hall–Kier alpha value is -1.98. The summed E-state index contributed by atoms with van der Waals surface area (Å²) >= 11 is 5.88. The first kappa shape index (κ1) is 16.4. The van der Waals surface area contributed by atoms with Gasteiger partial charge in [-0.25, -0.2) is 0 Å². The number of aryl methyl sites for hydroxylation is 1. The predicted octanol–water partition coefficient (Wildman–Crippen LogP) is 5.37. The molecule has 114 valence electrons. The van der Waals surface area contributed by atoms with Crippen LogP contribution >= 0.6 is 11.6 Å². The van der Waals surface area contributed by atoms with E-state index in [9.17, 15) is 5.26 Å². The van der Waals surface area contributed by atoms with E-state index < -0.39 is 0 Å². The molecular formula is C19H20ClNO. The molecule has 2 aromatic rings. The van der Waals surface area contributed by atoms with E-state index in [1.54, 1.807) is 0 Å². The van der Waals surface area contributed by atoms with E-state index in [-0.39, 0.29) is 5.92 Å². The fourth-order valence-corrected chi connectivity index (χ4v) is 2.53. The molecule has 0 saturated carbocycles. The molecule has 0 aliphatic carbocycles. The van der Waals surface area contributed by atoms with E-state index in [0.29, 0.717) is 11.6 Å². The highest BCUT2D eigenvalue weighted by Gasteiger charge is 2.10. The summed E-state index contributed by atoms with van der Waals surface area (Å²) in [7, 11) is 0. The van der Waals surface area contributed by atoms with Gasteiger partial charge in [0, 0.05) is 5.02 Å². The van der Waals surface area contributed by atoms with Crippen molar-refractivity contribution < 1.29 is 4.74 Å². The predicted molar refractivity (Wildman–Crippen MR) is 90.4 cm³/mol. The van der Waals surface area contributed by atoms with Gasteiger partial charge in [0.05, 0.1) is 18.6 Å². The molecule has 2 nitrogen and oxygen atoms in total. The zero-order valence-electron chi connectivity index (χ0n) is 12.8. The SMILES string of the molecule is CCc1ccccc1OCCCC(C#N)c1ccc(Cl)cc1. The molecule has 2 rings (SSSR count). The van der Waals surface area contributed by atoms with Crippen molar-refractivity contribution in [2.75, 3.05) is 6.61 Å². The molecule has 0 bridgehead atoms. The van der Waals surface area contributed by atoms with Crippen LogP contribution in [0.4, 0.5) is 0 Å². The lowest BCUT2D eigenvalue weighted by Crippen LogP contribution is -2.03. The van der Waals surface area contributed by atoms with Gasteiger partial charge in [-0.2, -0.15) is 5.26 Å². The molecule has 0 aliphatic heterocycles. The second-order valence-electron chi connectivity index (χ2n) is 5.19. The smallest absolute Gasteiger partial charge is 0.122 e. The van der Waals surface area contributed by atoms with Crippen LogP contribution < -0.4 is 4.74 Å². The summed E-state index contributed by atoms with van der Waals surface area (Å²) in [6.07, 6.45) is 2.59. The van der Waals surface area contributed by atoms with Gasteiger partial charge in [-0.3, -0.25) is 0 Å². The third-order valence-electron chi connectivity index (χ3n) is 3.68. The van der Waals surface area contributed by atoms with E-state index in [1.165, 1.54) is 5.56 Å². The van der Waals surface area contributed by atoms with Crippen LogP contribution in [0.25, 0.3) is 0 Å². The third kappa shape index (κ3) is 4.51. The molecular weight excluding hydrogens is 294 g/mol. The second kappa shape index (κ2) is 8.46. The number of rotatable bonds is 7. The van der Waals surface area contributed by atoms with Crippen molar-refractivity contribution in [1.29, 1.82) is 5.26 Å². The topological polar surface area (TPSA) is 33.0 Å². The Bertz CT molecular complexity index is 631. The molecule has 0 aromatic heterocycles. The fraction of sp³-hybridized carbons (Fsp3) is 0.316. The molecule has 0 radical (unpaired) electrons. The van der Waals surface area contributed by atoms with E-state index in [2.05, 4.69) is 19.1 Å². The summed E-state index contributed by atoms with van der Waals surface area (Å²) in [6, 6.07) is 18.0. The lowest BCUT2D eigenvalue weighted by molar-refractivity contribution is 0.302. The maximum Gasteiger partial charge on any atom is 0.122 e. The number of nitrogens with zero attached hydrogens (tertiary/aromatic N) is 1. The molecule has 2 aromatic carbocycles. The van der Waals surface area contributed by atoms with Gasteiger partial charge in [-0.05, 0) is 48.6 Å². The number of halogens is 1. The Morgan fingerprint density at radius 3 is 2.55 bits per heavy atom. The average Bonchev–Trinajstić information content (AvgIpc) is 2.56. The molecule has 0 spiro atoms. The zero-order valence-corrected chi connectivity index (χ0v) is 13.5. The molecule has 0 fully saturated rings. The van der Waals surface area contributed by atoms with Crippen molar-refractivity contribution in [3.8, 4) is 11.8 Å². The number of nitriles is 1. The molecule has 0 aliphatic rings. The summed E-state index contributed by atoms with van der Waals surface area (Å²) in [6.45, 7) is 2.75. The maximum atomic E-state index is 9.32.